The van der Waals surface area contributed by atoms with Gasteiger partial charge in [0.1, 0.15) is 30.1 Å². The van der Waals surface area contributed by atoms with Gasteiger partial charge in [-0.2, -0.15) is 18.2 Å². The first-order chi connectivity index (χ1) is 16.6. The van der Waals surface area contributed by atoms with Crippen LogP contribution >= 0.6 is 0 Å². The van der Waals surface area contributed by atoms with Gasteiger partial charge in [0.15, 0.2) is 0 Å². The van der Waals surface area contributed by atoms with Crippen molar-refractivity contribution < 1.29 is 32.2 Å². The molecule has 2 N–H and O–H groups in total. The monoisotopic (exact) mass is 492 g/mol. The first-order valence-corrected chi connectivity index (χ1v) is 10.5. The van der Waals surface area contributed by atoms with Crippen molar-refractivity contribution in [2.24, 2.45) is 0 Å². The summed E-state index contributed by atoms with van der Waals surface area (Å²) in [4.78, 5) is 30.0. The molecular weight excluding hydrogens is 472 g/mol. The topological polar surface area (TPSA) is 113 Å². The Bertz CT molecular complexity index is 1220. The first kappa shape index (κ1) is 24.3. The van der Waals surface area contributed by atoms with Crippen molar-refractivity contribution in [1.82, 2.24) is 19.9 Å². The third-order valence-electron chi connectivity index (χ3n) is 5.37. The number of benzene rings is 1. The van der Waals surface area contributed by atoms with E-state index in [0.29, 0.717) is 6.07 Å². The second-order valence-electron chi connectivity index (χ2n) is 7.85. The van der Waals surface area contributed by atoms with Gasteiger partial charge in [0.05, 0.1) is 17.7 Å². The molecule has 2 aromatic heterocycles. The number of cyclic esters (lactones) is 1. The lowest BCUT2D eigenvalue weighted by Crippen LogP contribution is -2.41. The minimum atomic E-state index is -4.82. The second-order valence-corrected chi connectivity index (χ2v) is 7.85. The molecule has 9 nitrogen and oxygen atoms in total. The zero-order chi connectivity index (χ0) is 25.3. The van der Waals surface area contributed by atoms with Crippen LogP contribution in [0.5, 0.6) is 0 Å². The highest BCUT2D eigenvalue weighted by atomic mass is 19.4. The van der Waals surface area contributed by atoms with Crippen LogP contribution < -0.4 is 10.2 Å². The van der Waals surface area contributed by atoms with Gasteiger partial charge in [-0.05, 0) is 26.0 Å². The number of halogens is 4. The van der Waals surface area contributed by atoms with Gasteiger partial charge in [0, 0.05) is 29.7 Å². The van der Waals surface area contributed by atoms with E-state index < -0.39 is 41.8 Å². The van der Waals surface area contributed by atoms with Crippen molar-refractivity contribution in [3.63, 3.8) is 0 Å². The number of anilines is 2. The number of aliphatic hydroxyl groups is 1. The maximum absolute atomic E-state index is 14.4. The third kappa shape index (κ3) is 4.99. The van der Waals surface area contributed by atoms with E-state index in [1.165, 1.54) is 42.5 Å². The van der Waals surface area contributed by atoms with Gasteiger partial charge in [-0.1, -0.05) is 12.1 Å². The average Bonchev–Trinajstić information content (AvgIpc) is 3.20. The number of rotatable bonds is 6. The van der Waals surface area contributed by atoms with Gasteiger partial charge in [0.25, 0.3) is 0 Å². The smallest absolute Gasteiger partial charge is 0.419 e. The van der Waals surface area contributed by atoms with E-state index in [1.807, 2.05) is 0 Å². The highest BCUT2D eigenvalue weighted by Gasteiger charge is 2.38. The van der Waals surface area contributed by atoms with Crippen LogP contribution in [0.4, 0.5) is 34.1 Å². The van der Waals surface area contributed by atoms with E-state index in [0.717, 1.165) is 6.07 Å². The molecule has 0 unspecified atom stereocenters. The molecule has 184 valence electrons. The SMILES string of the molecule is C[C@H](Nc1nccc(N2C(=O)OC[C@@H]2[C@@H](C)O)n1)c1ncc(-c2cccc(C(F)(F)F)c2F)cn1. The van der Waals surface area contributed by atoms with Crippen LogP contribution in [0.1, 0.15) is 31.3 Å². The molecule has 1 saturated heterocycles. The summed E-state index contributed by atoms with van der Waals surface area (Å²) in [6, 6.07) is 3.33. The summed E-state index contributed by atoms with van der Waals surface area (Å²) in [6.45, 7) is 3.25. The zero-order valence-corrected chi connectivity index (χ0v) is 18.5. The molecule has 13 heteroatoms. The Morgan fingerprint density at radius 1 is 1.17 bits per heavy atom. The second kappa shape index (κ2) is 9.41. The lowest BCUT2D eigenvalue weighted by molar-refractivity contribution is -0.139. The van der Waals surface area contributed by atoms with E-state index in [-0.39, 0.29) is 35.3 Å². The molecule has 0 saturated carbocycles. The predicted molar refractivity (Wildman–Crippen MR) is 116 cm³/mol. The fourth-order valence-corrected chi connectivity index (χ4v) is 3.54. The lowest BCUT2D eigenvalue weighted by Gasteiger charge is -2.23. The highest BCUT2D eigenvalue weighted by Crippen LogP contribution is 2.35. The molecule has 3 heterocycles. The van der Waals surface area contributed by atoms with E-state index in [4.69, 9.17) is 4.74 Å². The third-order valence-corrected chi connectivity index (χ3v) is 5.37. The molecule has 3 aromatic rings. The standard InChI is InChI=1S/C22H20F4N6O3/c1-11(30-20-27-7-6-17(31-20)32-16(12(2)33)10-35-21(32)34)19-28-8-13(9-29-19)14-4-3-5-15(18(14)23)22(24,25)26/h3-9,11-12,16,33H,10H2,1-2H3,(H,27,30,31)/t11-,12+,16+/m0/s1. The van der Waals surface area contributed by atoms with E-state index in [1.54, 1.807) is 6.92 Å². The van der Waals surface area contributed by atoms with Crippen LogP contribution in [0.25, 0.3) is 11.1 Å². The Labute approximate surface area is 196 Å². The molecule has 0 spiro atoms. The molecule has 1 amide bonds. The summed E-state index contributed by atoms with van der Waals surface area (Å²) in [6.07, 6.45) is -2.44. The number of nitrogens with one attached hydrogen (secondary N) is 1. The maximum Gasteiger partial charge on any atom is 0.419 e. The Kier molecular flexibility index (Phi) is 6.52. The predicted octanol–water partition coefficient (Wildman–Crippen LogP) is 3.97. The van der Waals surface area contributed by atoms with Crippen molar-refractivity contribution >= 4 is 17.9 Å². The number of aromatic nitrogens is 4. The van der Waals surface area contributed by atoms with E-state index >= 15 is 0 Å². The van der Waals surface area contributed by atoms with Crippen LogP contribution in [-0.2, 0) is 10.9 Å². The Morgan fingerprint density at radius 3 is 2.54 bits per heavy atom. The first-order valence-electron chi connectivity index (χ1n) is 10.5. The molecular formula is C22H20F4N6O3. The van der Waals surface area contributed by atoms with E-state index in [9.17, 15) is 27.5 Å². The number of carbonyl (C=O) groups is 1. The fourth-order valence-electron chi connectivity index (χ4n) is 3.54. The maximum atomic E-state index is 14.4. The number of aliphatic hydroxyl groups excluding tert-OH is 1. The normalized spacial score (nSPS) is 17.7. The lowest BCUT2D eigenvalue weighted by atomic mass is 10.0. The summed E-state index contributed by atoms with van der Waals surface area (Å²) in [5.41, 5.74) is -1.56. The quantitative estimate of drug-likeness (QED) is 0.497. The number of hydrogen-bond acceptors (Lipinski definition) is 8. The fraction of sp³-hybridized carbons (Fsp3) is 0.318. The van der Waals surface area contributed by atoms with Crippen LogP contribution in [-0.4, -0.2) is 49.9 Å². The number of amides is 1. The van der Waals surface area contributed by atoms with Crippen molar-refractivity contribution in [1.29, 1.82) is 0 Å². The van der Waals surface area contributed by atoms with Crippen molar-refractivity contribution in [2.75, 3.05) is 16.8 Å². The Hall–Kier alpha value is -3.87. The van der Waals surface area contributed by atoms with Crippen LogP contribution in [0.3, 0.4) is 0 Å². The minimum Gasteiger partial charge on any atom is -0.447 e. The summed E-state index contributed by atoms with van der Waals surface area (Å²) in [7, 11) is 0. The van der Waals surface area contributed by atoms with Crippen LogP contribution in [0, 0.1) is 5.82 Å². The van der Waals surface area contributed by atoms with Crippen LogP contribution in [0.2, 0.25) is 0 Å². The molecule has 0 radical (unpaired) electrons. The molecule has 1 aliphatic rings. The summed E-state index contributed by atoms with van der Waals surface area (Å²) >= 11 is 0. The number of hydrogen-bond donors (Lipinski definition) is 2. The molecule has 1 fully saturated rings. The number of nitrogens with zero attached hydrogens (tertiary/aromatic N) is 5. The van der Waals surface area contributed by atoms with Crippen molar-refractivity contribution in [3.05, 3.63) is 60.1 Å². The van der Waals surface area contributed by atoms with Gasteiger partial charge >= 0.3 is 12.3 Å². The highest BCUT2D eigenvalue weighted by molar-refractivity contribution is 5.89. The number of carbonyl (C=O) groups excluding carboxylic acids is 1. The minimum absolute atomic E-state index is 0.0202. The molecule has 1 aromatic carbocycles. The molecule has 0 bridgehead atoms. The Balaban J connectivity index is 1.52. The average molecular weight is 492 g/mol. The van der Waals surface area contributed by atoms with Gasteiger partial charge < -0.3 is 15.2 Å². The Morgan fingerprint density at radius 2 is 1.89 bits per heavy atom. The summed E-state index contributed by atoms with van der Waals surface area (Å²) < 4.78 is 58.4. The molecule has 3 atom stereocenters. The molecule has 0 aliphatic carbocycles. The van der Waals surface area contributed by atoms with Gasteiger partial charge in [-0.3, -0.25) is 4.90 Å². The summed E-state index contributed by atoms with van der Waals surface area (Å²) in [5.74, 6) is -0.795. The molecule has 1 aliphatic heterocycles. The van der Waals surface area contributed by atoms with Gasteiger partial charge in [-0.25, -0.2) is 24.1 Å². The van der Waals surface area contributed by atoms with Gasteiger partial charge in [0.2, 0.25) is 5.95 Å². The van der Waals surface area contributed by atoms with E-state index in [2.05, 4.69) is 25.3 Å². The van der Waals surface area contributed by atoms with Crippen molar-refractivity contribution in [2.45, 2.75) is 38.2 Å². The molecule has 4 rings (SSSR count). The number of ether oxygens (including phenoxy) is 1. The number of alkyl halides is 3. The van der Waals surface area contributed by atoms with Crippen LogP contribution in [0.15, 0.2) is 42.9 Å². The largest absolute Gasteiger partial charge is 0.447 e. The molecule has 35 heavy (non-hydrogen) atoms. The van der Waals surface area contributed by atoms with Gasteiger partial charge in [-0.15, -0.1) is 0 Å². The summed E-state index contributed by atoms with van der Waals surface area (Å²) in [5, 5.41) is 12.9. The zero-order valence-electron chi connectivity index (χ0n) is 18.5. The van der Waals surface area contributed by atoms with Crippen molar-refractivity contribution in [3.8, 4) is 11.1 Å².